The molecule has 0 aliphatic heterocycles. The first-order valence-electron chi connectivity index (χ1n) is 37.2. The van der Waals surface area contributed by atoms with E-state index in [4.69, 9.17) is 18.9 Å². The van der Waals surface area contributed by atoms with Gasteiger partial charge in [0.2, 0.25) is 0 Å². The van der Waals surface area contributed by atoms with Crippen LogP contribution in [0.1, 0.15) is 258 Å². The van der Waals surface area contributed by atoms with Crippen LogP contribution in [-0.2, 0) is 33.3 Å². The Hall–Kier alpha value is -6.13. The van der Waals surface area contributed by atoms with Gasteiger partial charge < -0.3 is 33.3 Å². The van der Waals surface area contributed by atoms with Crippen LogP contribution in [0, 0.1) is 0 Å². The van der Waals surface area contributed by atoms with Gasteiger partial charge in [0.25, 0.3) is 0 Å². The number of unbranched alkanes of at least 4 members (excludes halogenated alkanes) is 17. The van der Waals surface area contributed by atoms with Gasteiger partial charge in [0.15, 0.2) is 12.4 Å². The van der Waals surface area contributed by atoms with E-state index in [1.54, 1.807) is 0 Å². The first-order chi connectivity index (χ1) is 46.6. The lowest BCUT2D eigenvalue weighted by Gasteiger charge is -2.26. The van der Waals surface area contributed by atoms with E-state index in [9.17, 15) is 19.5 Å². The van der Waals surface area contributed by atoms with Crippen LogP contribution in [0.2, 0.25) is 0 Å². The van der Waals surface area contributed by atoms with Crippen molar-refractivity contribution in [3.63, 3.8) is 0 Å². The summed E-state index contributed by atoms with van der Waals surface area (Å²) in [7, 11) is 5.91. The van der Waals surface area contributed by atoms with Crippen LogP contribution in [-0.4, -0.2) is 82.3 Å². The average molecular weight is 1310 g/mol. The Kier molecular flexibility index (Phi) is 68.9. The van der Waals surface area contributed by atoms with E-state index >= 15 is 0 Å². The van der Waals surface area contributed by atoms with Crippen LogP contribution in [0.5, 0.6) is 0 Å². The number of carbonyl (C=O) groups excluding carboxylic acids is 3. The first kappa shape index (κ1) is 88.9. The lowest BCUT2D eigenvalue weighted by molar-refractivity contribution is -0.870. The first-order valence-corrected chi connectivity index (χ1v) is 37.2. The normalized spacial score (nSPS) is 13.9. The third-order valence-corrected chi connectivity index (χ3v) is 15.0. The molecule has 0 aromatic heterocycles. The number of carboxylic acid groups (broad SMARTS) is 1. The Morgan fingerprint density at radius 1 is 0.316 bits per heavy atom. The molecule has 95 heavy (non-hydrogen) atoms. The molecule has 0 aliphatic carbocycles. The Labute approximate surface area is 582 Å². The number of nitrogens with zero attached hydrogens (tertiary/aromatic N) is 1. The van der Waals surface area contributed by atoms with Crippen molar-refractivity contribution < 1.29 is 42.9 Å². The zero-order valence-electron chi connectivity index (χ0n) is 60.7. The van der Waals surface area contributed by atoms with Crippen molar-refractivity contribution in [1.29, 1.82) is 0 Å². The Bertz CT molecular complexity index is 2320. The fraction of sp³-hybridized carbons (Fsp3) is 0.570. The maximum Gasteiger partial charge on any atom is 0.306 e. The molecule has 0 amide bonds. The Morgan fingerprint density at radius 3 is 0.842 bits per heavy atom. The molecule has 9 nitrogen and oxygen atoms in total. The molecule has 0 saturated carbocycles. The molecule has 0 N–H and O–H groups in total. The second kappa shape index (κ2) is 73.7. The monoisotopic (exact) mass is 1310 g/mol. The fourth-order valence-electron chi connectivity index (χ4n) is 9.43. The highest BCUT2D eigenvalue weighted by molar-refractivity contribution is 5.70. The van der Waals surface area contributed by atoms with Crippen molar-refractivity contribution in [2.24, 2.45) is 0 Å². The number of esters is 2. The van der Waals surface area contributed by atoms with E-state index < -0.39 is 24.3 Å². The van der Waals surface area contributed by atoms with Gasteiger partial charge in [-0.2, -0.15) is 0 Å². The minimum atomic E-state index is -1.64. The SMILES string of the molecule is CC/C=C\C/C=C\C/C=C\C/C=C\C/C=C\C/C=C\C/C=C\C/C=C\C/C=C\C/C=C\CCCCCCCCC(=O)OC(COC(=O)CCCCCCCCCCCCC/C=C\C/C=C\C/C=C\C/C=C\C/C=C\C/C=C\C/C=C\CC)COC(OCC[N+](C)(C)C)C(=O)[O-]. The van der Waals surface area contributed by atoms with Gasteiger partial charge >= 0.3 is 11.9 Å². The highest BCUT2D eigenvalue weighted by Gasteiger charge is 2.22. The largest absolute Gasteiger partial charge is 0.545 e. The summed E-state index contributed by atoms with van der Waals surface area (Å²) in [6.07, 6.45) is 112. The van der Waals surface area contributed by atoms with Crippen LogP contribution in [0.4, 0.5) is 0 Å². The number of hydrogen-bond donors (Lipinski definition) is 0. The van der Waals surface area contributed by atoms with Crippen molar-refractivity contribution in [2.75, 3.05) is 47.5 Å². The summed E-state index contributed by atoms with van der Waals surface area (Å²) in [6, 6.07) is 0. The van der Waals surface area contributed by atoms with Crippen LogP contribution in [0.25, 0.3) is 0 Å². The number of carbonyl (C=O) groups is 3. The molecule has 0 spiro atoms. The summed E-state index contributed by atoms with van der Waals surface area (Å²) in [5, 5.41) is 11.8. The van der Waals surface area contributed by atoms with Gasteiger partial charge in [-0.25, -0.2) is 0 Å². The Balaban J connectivity index is 4.22. The minimum absolute atomic E-state index is 0.133. The molecule has 0 heterocycles. The van der Waals surface area contributed by atoms with Crippen LogP contribution >= 0.6 is 0 Å². The zero-order chi connectivity index (χ0) is 69.0. The lowest BCUT2D eigenvalue weighted by Crippen LogP contribution is -2.44. The lowest BCUT2D eigenvalue weighted by atomic mass is 10.0. The van der Waals surface area contributed by atoms with Gasteiger partial charge in [-0.05, 0) is 148 Å². The van der Waals surface area contributed by atoms with Crippen LogP contribution < -0.4 is 5.11 Å². The molecule has 0 aliphatic rings. The number of allylic oxidation sites excluding steroid dienone is 34. The predicted molar refractivity (Wildman–Crippen MR) is 407 cm³/mol. The molecule has 0 rings (SSSR count). The van der Waals surface area contributed by atoms with E-state index in [1.165, 1.54) is 44.9 Å². The number of carboxylic acids is 1. The van der Waals surface area contributed by atoms with E-state index in [1.807, 2.05) is 21.1 Å². The molecule has 0 fully saturated rings. The quantitative estimate of drug-likeness (QED) is 0.0195. The van der Waals surface area contributed by atoms with E-state index in [-0.39, 0.29) is 38.6 Å². The molecule has 0 saturated heterocycles. The van der Waals surface area contributed by atoms with Gasteiger partial charge in [-0.15, -0.1) is 0 Å². The molecule has 0 bridgehead atoms. The number of hydrogen-bond acceptors (Lipinski definition) is 8. The van der Waals surface area contributed by atoms with Gasteiger partial charge in [0, 0.05) is 12.8 Å². The van der Waals surface area contributed by atoms with Crippen molar-refractivity contribution in [1.82, 2.24) is 0 Å². The van der Waals surface area contributed by atoms with Crippen molar-refractivity contribution in [3.8, 4) is 0 Å². The van der Waals surface area contributed by atoms with Gasteiger partial charge in [-0.1, -0.05) is 304 Å². The van der Waals surface area contributed by atoms with Gasteiger partial charge in [-0.3, -0.25) is 9.59 Å². The summed E-state index contributed by atoms with van der Waals surface area (Å²) in [4.78, 5) is 37.6. The van der Waals surface area contributed by atoms with Gasteiger partial charge in [0.1, 0.15) is 13.2 Å². The molecule has 9 heteroatoms. The fourth-order valence-corrected chi connectivity index (χ4v) is 9.43. The molecule has 0 radical (unpaired) electrons. The summed E-state index contributed by atoms with van der Waals surface area (Å²) in [5.41, 5.74) is 0. The number of aliphatic carboxylic acids is 1. The topological polar surface area (TPSA) is 111 Å². The van der Waals surface area contributed by atoms with Crippen molar-refractivity contribution in [2.45, 2.75) is 270 Å². The Morgan fingerprint density at radius 2 is 0.568 bits per heavy atom. The molecule has 0 aromatic carbocycles. The molecule has 532 valence electrons. The molecule has 0 aromatic rings. The number of rotatable bonds is 66. The van der Waals surface area contributed by atoms with E-state index in [0.29, 0.717) is 17.4 Å². The smallest absolute Gasteiger partial charge is 0.306 e. The summed E-state index contributed by atoms with van der Waals surface area (Å²) < 4.78 is 22.8. The molecular formula is C86H135NO8. The molecule has 2 atom stereocenters. The number of ether oxygens (including phenoxy) is 4. The third kappa shape index (κ3) is 75.1. The maximum atomic E-state index is 13.0. The highest BCUT2D eigenvalue weighted by Crippen LogP contribution is 2.15. The maximum absolute atomic E-state index is 13.0. The van der Waals surface area contributed by atoms with Crippen LogP contribution in [0.15, 0.2) is 207 Å². The second-order valence-corrected chi connectivity index (χ2v) is 25.1. The third-order valence-electron chi connectivity index (χ3n) is 15.0. The number of likely N-dealkylation sites (N-methyl/N-ethyl adjacent to an activating group) is 1. The molecular weight excluding hydrogens is 1170 g/mol. The molecule has 2 unspecified atom stereocenters. The second-order valence-electron chi connectivity index (χ2n) is 25.1. The summed E-state index contributed by atoms with van der Waals surface area (Å²) in [6.45, 7) is 4.48. The minimum Gasteiger partial charge on any atom is -0.545 e. The summed E-state index contributed by atoms with van der Waals surface area (Å²) in [5.74, 6) is -2.33. The van der Waals surface area contributed by atoms with Crippen molar-refractivity contribution in [3.05, 3.63) is 207 Å². The van der Waals surface area contributed by atoms with Gasteiger partial charge in [0.05, 0.1) is 40.3 Å². The van der Waals surface area contributed by atoms with E-state index in [2.05, 4.69) is 220 Å². The number of quaternary nitrogens is 1. The average Bonchev–Trinajstić information content (AvgIpc) is 3.75. The van der Waals surface area contributed by atoms with Crippen LogP contribution in [0.3, 0.4) is 0 Å². The summed E-state index contributed by atoms with van der Waals surface area (Å²) >= 11 is 0. The highest BCUT2D eigenvalue weighted by atomic mass is 16.7. The van der Waals surface area contributed by atoms with E-state index in [0.717, 1.165) is 180 Å². The van der Waals surface area contributed by atoms with Crippen molar-refractivity contribution >= 4 is 17.9 Å². The predicted octanol–water partition coefficient (Wildman–Crippen LogP) is 22.6. The zero-order valence-corrected chi connectivity index (χ0v) is 60.7. The standard InChI is InChI=1S/C86H135NO8/c1-6-8-10-12-14-16-18-20-22-24-26-28-30-32-34-36-38-40-41-42-43-45-47-49-51-53-55-57-59-61-63-65-67-69-71-73-75-77-84(89)95-82(81-94-86(85(90)91)92-79-78-87(3,4)5)80-93-83(88)76-74-72-70-68-66-64-62-60-58-56-54-52-50-48-46-44-39-37-35-33-31-29-27-25-23-21-19-17-15-13-11-9-7-2/h8-11,14-17,20-23,26-29,32-35,38-40,42-44,47-50,53,55,59,61,82,86H,6-7,12-13,18-19,24-25,30-31,36-37,41,45-46,51-52,54,56-58,60,62-81H2,1-5H3/b10-8-,11-9-,16-14-,17-15-,22-20-,23-21-,28-26-,29-27-,34-32-,35-33-,40-38-,43-42-,44-39-,49-47-,50-48-,55-53-,61-59-.